The van der Waals surface area contributed by atoms with Crippen LogP contribution in [0.5, 0.6) is 0 Å². The van der Waals surface area contributed by atoms with Crippen LogP contribution in [0.15, 0.2) is 24.5 Å². The molecule has 0 radical (unpaired) electrons. The van der Waals surface area contributed by atoms with Crippen molar-refractivity contribution in [2.24, 2.45) is 0 Å². The van der Waals surface area contributed by atoms with Crippen molar-refractivity contribution in [2.45, 2.75) is 31.4 Å². The second-order valence-corrected chi connectivity index (χ2v) is 4.17. The van der Waals surface area contributed by atoms with Gasteiger partial charge in [-0.25, -0.2) is 0 Å². The average Bonchev–Trinajstić information content (AvgIpc) is 3.00. The van der Waals surface area contributed by atoms with E-state index in [0.29, 0.717) is 12.6 Å². The molecule has 1 aliphatic carbocycles. The topological polar surface area (TPSA) is 45.1 Å². The minimum Gasteiger partial charge on any atom is -0.384 e. The zero-order chi connectivity index (χ0) is 10.0. The highest BCUT2D eigenvalue weighted by molar-refractivity contribution is 5.17. The summed E-state index contributed by atoms with van der Waals surface area (Å²) in [6, 6.07) is 4.38. The van der Waals surface area contributed by atoms with Crippen LogP contribution in [0.3, 0.4) is 0 Å². The molecule has 3 heteroatoms. The minimum absolute atomic E-state index is 0.601. The lowest BCUT2D eigenvalue weighted by molar-refractivity contribution is 0.0562. The zero-order valence-electron chi connectivity index (χ0n) is 8.40. The van der Waals surface area contributed by atoms with Gasteiger partial charge in [0.25, 0.3) is 0 Å². The monoisotopic (exact) mass is 192 g/mol. The summed E-state index contributed by atoms with van der Waals surface area (Å²) in [6.07, 6.45) is 5.91. The number of nitrogens with zero attached hydrogens (tertiary/aromatic N) is 1. The molecule has 0 spiro atoms. The fourth-order valence-electron chi connectivity index (χ4n) is 1.41. The number of aliphatic hydroxyl groups is 1. The van der Waals surface area contributed by atoms with E-state index in [-0.39, 0.29) is 0 Å². The number of pyridine rings is 1. The molecule has 0 saturated heterocycles. The molecule has 1 fully saturated rings. The number of rotatable bonds is 4. The molecule has 1 atom stereocenters. The predicted octanol–water partition coefficient (Wildman–Crippen LogP) is 1.04. The Bertz CT molecular complexity index is 293. The highest BCUT2D eigenvalue weighted by Crippen LogP contribution is 2.23. The van der Waals surface area contributed by atoms with E-state index >= 15 is 0 Å². The first-order valence-corrected chi connectivity index (χ1v) is 5.05. The van der Waals surface area contributed by atoms with Gasteiger partial charge < -0.3 is 10.4 Å². The molecule has 1 saturated carbocycles. The molecule has 14 heavy (non-hydrogen) atoms. The maximum Gasteiger partial charge on any atom is 0.101 e. The number of aromatic nitrogens is 1. The van der Waals surface area contributed by atoms with Gasteiger partial charge in [-0.2, -0.15) is 0 Å². The van der Waals surface area contributed by atoms with Crippen molar-refractivity contribution in [3.8, 4) is 0 Å². The molecule has 1 aromatic rings. The Morgan fingerprint density at radius 3 is 3.00 bits per heavy atom. The first-order valence-electron chi connectivity index (χ1n) is 5.05. The van der Waals surface area contributed by atoms with Crippen LogP contribution in [-0.4, -0.2) is 22.7 Å². The smallest absolute Gasteiger partial charge is 0.101 e. The summed E-state index contributed by atoms with van der Waals surface area (Å²) in [5.74, 6) is 0. The summed E-state index contributed by atoms with van der Waals surface area (Å²) >= 11 is 0. The molecule has 0 aromatic carbocycles. The summed E-state index contributed by atoms with van der Waals surface area (Å²) < 4.78 is 0. The van der Waals surface area contributed by atoms with Crippen molar-refractivity contribution in [3.63, 3.8) is 0 Å². The molecule has 1 aliphatic rings. The van der Waals surface area contributed by atoms with Crippen molar-refractivity contribution < 1.29 is 5.11 Å². The van der Waals surface area contributed by atoms with Crippen molar-refractivity contribution in [1.29, 1.82) is 0 Å². The van der Waals surface area contributed by atoms with Gasteiger partial charge in [0.05, 0.1) is 0 Å². The Hall–Kier alpha value is -0.930. The predicted molar refractivity (Wildman–Crippen MR) is 54.8 cm³/mol. The van der Waals surface area contributed by atoms with E-state index in [1.807, 2.05) is 19.1 Å². The van der Waals surface area contributed by atoms with E-state index in [0.717, 1.165) is 5.56 Å². The van der Waals surface area contributed by atoms with Gasteiger partial charge in [0.15, 0.2) is 0 Å². The molecule has 0 amide bonds. The molecule has 2 rings (SSSR count). The molecular formula is C11H16N2O. The van der Waals surface area contributed by atoms with Crippen LogP contribution in [0.1, 0.15) is 25.3 Å². The van der Waals surface area contributed by atoms with E-state index in [9.17, 15) is 5.11 Å². The van der Waals surface area contributed by atoms with Gasteiger partial charge in [0.2, 0.25) is 0 Å². The molecule has 0 aliphatic heterocycles. The van der Waals surface area contributed by atoms with Crippen LogP contribution in [0.25, 0.3) is 0 Å². The summed E-state index contributed by atoms with van der Waals surface area (Å²) in [5, 5.41) is 13.5. The number of nitrogens with one attached hydrogen (secondary N) is 1. The van der Waals surface area contributed by atoms with Crippen molar-refractivity contribution in [3.05, 3.63) is 30.1 Å². The van der Waals surface area contributed by atoms with Crippen LogP contribution < -0.4 is 5.32 Å². The van der Waals surface area contributed by atoms with Crippen molar-refractivity contribution >= 4 is 0 Å². The van der Waals surface area contributed by atoms with E-state index in [4.69, 9.17) is 0 Å². The molecule has 1 aromatic heterocycles. The SMILES string of the molecule is CC(O)(CNC1CC1)c1cccnc1. The molecule has 0 bridgehead atoms. The van der Waals surface area contributed by atoms with E-state index < -0.39 is 5.60 Å². The van der Waals surface area contributed by atoms with Crippen LogP contribution >= 0.6 is 0 Å². The molecule has 3 nitrogen and oxygen atoms in total. The molecular weight excluding hydrogens is 176 g/mol. The third kappa shape index (κ3) is 2.30. The van der Waals surface area contributed by atoms with Gasteiger partial charge in [-0.05, 0) is 25.8 Å². The minimum atomic E-state index is -0.809. The highest BCUT2D eigenvalue weighted by atomic mass is 16.3. The Kier molecular flexibility index (Phi) is 2.52. The van der Waals surface area contributed by atoms with E-state index in [1.54, 1.807) is 12.4 Å². The lowest BCUT2D eigenvalue weighted by atomic mass is 9.98. The fraction of sp³-hybridized carbons (Fsp3) is 0.545. The Morgan fingerprint density at radius 1 is 1.64 bits per heavy atom. The maximum atomic E-state index is 10.2. The molecule has 2 N–H and O–H groups in total. The van der Waals surface area contributed by atoms with Crippen LogP contribution in [0.2, 0.25) is 0 Å². The summed E-state index contributed by atoms with van der Waals surface area (Å²) in [4.78, 5) is 4.01. The summed E-state index contributed by atoms with van der Waals surface area (Å²) in [7, 11) is 0. The Balaban J connectivity index is 1.99. The van der Waals surface area contributed by atoms with E-state index in [1.165, 1.54) is 12.8 Å². The van der Waals surface area contributed by atoms with Gasteiger partial charge in [-0.3, -0.25) is 4.98 Å². The molecule has 1 unspecified atom stereocenters. The van der Waals surface area contributed by atoms with Crippen LogP contribution in [0.4, 0.5) is 0 Å². The largest absolute Gasteiger partial charge is 0.384 e. The van der Waals surface area contributed by atoms with Crippen molar-refractivity contribution in [2.75, 3.05) is 6.54 Å². The standard InChI is InChI=1S/C11H16N2O/c1-11(14,8-13-10-4-5-10)9-3-2-6-12-7-9/h2-3,6-7,10,13-14H,4-5,8H2,1H3. The first kappa shape index (κ1) is 9.62. The third-order valence-electron chi connectivity index (χ3n) is 2.60. The van der Waals surface area contributed by atoms with Crippen molar-refractivity contribution in [1.82, 2.24) is 10.3 Å². The van der Waals surface area contributed by atoms with Crippen LogP contribution in [0, 0.1) is 0 Å². The normalized spacial score (nSPS) is 20.4. The summed E-state index contributed by atoms with van der Waals surface area (Å²) in [6.45, 7) is 2.42. The van der Waals surface area contributed by atoms with Gasteiger partial charge in [-0.15, -0.1) is 0 Å². The van der Waals surface area contributed by atoms with Crippen LogP contribution in [-0.2, 0) is 5.60 Å². The van der Waals surface area contributed by atoms with Gasteiger partial charge >= 0.3 is 0 Å². The van der Waals surface area contributed by atoms with Gasteiger partial charge in [-0.1, -0.05) is 6.07 Å². The summed E-state index contributed by atoms with van der Waals surface area (Å²) in [5.41, 5.74) is 0.0600. The lowest BCUT2D eigenvalue weighted by Gasteiger charge is -2.23. The second-order valence-electron chi connectivity index (χ2n) is 4.17. The van der Waals surface area contributed by atoms with Gasteiger partial charge in [0.1, 0.15) is 5.60 Å². The lowest BCUT2D eigenvalue weighted by Crippen LogP contribution is -2.36. The highest BCUT2D eigenvalue weighted by Gasteiger charge is 2.27. The van der Waals surface area contributed by atoms with Gasteiger partial charge in [0, 0.05) is 30.5 Å². The molecule has 1 heterocycles. The first-order chi connectivity index (χ1) is 6.68. The Labute approximate surface area is 84.2 Å². The third-order valence-corrected chi connectivity index (χ3v) is 2.60. The zero-order valence-corrected chi connectivity index (χ0v) is 8.40. The number of hydrogen-bond acceptors (Lipinski definition) is 3. The number of hydrogen-bond donors (Lipinski definition) is 2. The Morgan fingerprint density at radius 2 is 2.43 bits per heavy atom. The quantitative estimate of drug-likeness (QED) is 0.749. The second kappa shape index (κ2) is 3.67. The average molecular weight is 192 g/mol. The van der Waals surface area contributed by atoms with E-state index in [2.05, 4.69) is 10.3 Å². The maximum absolute atomic E-state index is 10.2. The molecule has 76 valence electrons. The fourth-order valence-corrected chi connectivity index (χ4v) is 1.41.